The largest absolute Gasteiger partial charge is 0.573 e. The quantitative estimate of drug-likeness (QED) is 0.325. The van der Waals surface area contributed by atoms with Gasteiger partial charge in [-0.15, -0.1) is 13.2 Å². The molecule has 0 saturated heterocycles. The van der Waals surface area contributed by atoms with Gasteiger partial charge in [0.2, 0.25) is 0 Å². The molecule has 0 amide bonds. The molecule has 38 heavy (non-hydrogen) atoms. The second kappa shape index (κ2) is 11.1. The number of hydrogen-bond donors (Lipinski definition) is 3. The highest BCUT2D eigenvalue weighted by molar-refractivity contribution is 5.88. The van der Waals surface area contributed by atoms with Gasteiger partial charge in [0.1, 0.15) is 30.3 Å². The summed E-state index contributed by atoms with van der Waals surface area (Å²) in [7, 11) is 0. The number of aliphatic hydroxyl groups is 1. The van der Waals surface area contributed by atoms with Gasteiger partial charge in [0.05, 0.1) is 11.1 Å². The molecule has 4 rings (SSSR count). The van der Waals surface area contributed by atoms with Crippen LogP contribution in [-0.4, -0.2) is 47.3 Å². The van der Waals surface area contributed by atoms with Gasteiger partial charge in [-0.2, -0.15) is 5.26 Å². The molecule has 1 saturated carbocycles. The Balaban J connectivity index is 1.31. The summed E-state index contributed by atoms with van der Waals surface area (Å²) in [6.45, 7) is 0.163. The van der Waals surface area contributed by atoms with Gasteiger partial charge in [-0.05, 0) is 72.4 Å². The molecule has 198 valence electrons. The van der Waals surface area contributed by atoms with Crippen LogP contribution in [0.1, 0.15) is 34.3 Å². The Hall–Kier alpha value is -4.07. The average molecular weight is 527 g/mol. The summed E-state index contributed by atoms with van der Waals surface area (Å²) in [4.78, 5) is 11.1. The third-order valence-corrected chi connectivity index (χ3v) is 6.26. The zero-order valence-electron chi connectivity index (χ0n) is 20.2. The fraction of sp³-hybridized carbons (Fsp3) is 0.286. The fourth-order valence-electron chi connectivity index (χ4n) is 4.06. The van der Waals surface area contributed by atoms with E-state index in [1.54, 1.807) is 42.5 Å². The summed E-state index contributed by atoms with van der Waals surface area (Å²) in [5.74, 6) is -0.997. The van der Waals surface area contributed by atoms with E-state index in [1.807, 2.05) is 0 Å². The number of nitrogens with zero attached hydrogens (tertiary/aromatic N) is 1. The Labute approximate surface area is 217 Å². The molecule has 7 nitrogen and oxygen atoms in total. The number of benzene rings is 3. The Morgan fingerprint density at radius 1 is 1.05 bits per heavy atom. The topological polar surface area (TPSA) is 112 Å². The first-order valence-corrected chi connectivity index (χ1v) is 11.8. The first-order chi connectivity index (χ1) is 18.1. The molecule has 3 N–H and O–H groups in total. The first-order valence-electron chi connectivity index (χ1n) is 11.8. The van der Waals surface area contributed by atoms with Gasteiger partial charge in [-0.3, -0.25) is 0 Å². The second-order valence-electron chi connectivity index (χ2n) is 9.20. The molecule has 1 aliphatic carbocycles. The van der Waals surface area contributed by atoms with Crippen LogP contribution in [0.5, 0.6) is 11.5 Å². The van der Waals surface area contributed by atoms with Gasteiger partial charge in [-0.1, -0.05) is 30.3 Å². The lowest BCUT2D eigenvalue weighted by atomic mass is 10.0. The van der Waals surface area contributed by atoms with Crippen molar-refractivity contribution in [2.24, 2.45) is 0 Å². The number of aromatic carboxylic acids is 1. The predicted octanol–water partition coefficient (Wildman–Crippen LogP) is 4.93. The smallest absolute Gasteiger partial charge is 0.489 e. The standard InChI is InChI=1S/C28H25F3N2O5/c29-28(30,31)38-24-9-1-18(2-10-24)14-27(11-12-27)33-16-23(34)17-37-25-13-21(7-8-22(25)15-32)19-3-5-20(6-4-19)26(35)36/h1-10,13,23,33-34H,11-12,14,16-17H2,(H,35,36). The minimum atomic E-state index is -4.73. The molecule has 3 aromatic carbocycles. The van der Waals surface area contributed by atoms with E-state index in [1.165, 1.54) is 24.3 Å². The number of ether oxygens (including phenoxy) is 2. The highest BCUT2D eigenvalue weighted by Crippen LogP contribution is 2.39. The molecule has 1 fully saturated rings. The molecule has 0 heterocycles. The summed E-state index contributed by atoms with van der Waals surface area (Å²) in [5.41, 5.74) is 2.55. The maximum atomic E-state index is 12.3. The van der Waals surface area contributed by atoms with Gasteiger partial charge in [-0.25, -0.2) is 4.79 Å². The van der Waals surface area contributed by atoms with Gasteiger partial charge >= 0.3 is 12.3 Å². The number of carboxylic acid groups (broad SMARTS) is 1. The van der Waals surface area contributed by atoms with E-state index in [0.717, 1.165) is 29.5 Å². The number of alkyl halides is 3. The molecule has 1 atom stereocenters. The zero-order valence-corrected chi connectivity index (χ0v) is 20.2. The molecule has 3 aromatic rings. The van der Waals surface area contributed by atoms with Crippen LogP contribution in [0.4, 0.5) is 13.2 Å². The van der Waals surface area contributed by atoms with Crippen molar-refractivity contribution in [3.05, 3.63) is 83.4 Å². The molecular formula is C28H25F3N2O5. The van der Waals surface area contributed by atoms with Crippen molar-refractivity contribution in [3.8, 4) is 28.7 Å². The molecule has 0 spiro atoms. The summed E-state index contributed by atoms with van der Waals surface area (Å²) >= 11 is 0. The van der Waals surface area contributed by atoms with E-state index in [0.29, 0.717) is 17.7 Å². The zero-order chi connectivity index (χ0) is 27.3. The molecule has 10 heteroatoms. The van der Waals surface area contributed by atoms with Crippen molar-refractivity contribution < 1.29 is 37.7 Å². The maximum absolute atomic E-state index is 12.3. The van der Waals surface area contributed by atoms with Crippen LogP contribution in [0.15, 0.2) is 66.7 Å². The van der Waals surface area contributed by atoms with E-state index in [2.05, 4.69) is 16.1 Å². The van der Waals surface area contributed by atoms with E-state index in [4.69, 9.17) is 9.84 Å². The number of nitriles is 1. The SMILES string of the molecule is N#Cc1ccc(-c2ccc(C(=O)O)cc2)cc1OCC(O)CNC1(Cc2ccc(OC(F)(F)F)cc2)CC1. The number of rotatable bonds is 11. The molecule has 0 aromatic heterocycles. The van der Waals surface area contributed by atoms with Crippen molar-refractivity contribution in [1.82, 2.24) is 5.32 Å². The molecule has 1 aliphatic rings. The number of halogens is 3. The van der Waals surface area contributed by atoms with Crippen LogP contribution >= 0.6 is 0 Å². The van der Waals surface area contributed by atoms with Crippen molar-refractivity contribution in [3.63, 3.8) is 0 Å². The van der Waals surface area contributed by atoms with Crippen LogP contribution in [0.25, 0.3) is 11.1 Å². The molecule has 0 radical (unpaired) electrons. The minimum Gasteiger partial charge on any atom is -0.489 e. The first kappa shape index (κ1) is 27.0. The summed E-state index contributed by atoms with van der Waals surface area (Å²) < 4.78 is 46.7. The summed E-state index contributed by atoms with van der Waals surface area (Å²) in [6.07, 6.45) is -3.29. The van der Waals surface area contributed by atoms with E-state index >= 15 is 0 Å². The third kappa shape index (κ3) is 7.25. The molecule has 1 unspecified atom stereocenters. The Morgan fingerprint density at radius 3 is 2.29 bits per heavy atom. The van der Waals surface area contributed by atoms with E-state index in [-0.39, 0.29) is 30.0 Å². The molecular weight excluding hydrogens is 501 g/mol. The Morgan fingerprint density at radius 2 is 1.71 bits per heavy atom. The number of β-amino-alcohol motifs (C(OH)–C–C–N with tert-alkyl or cyclic N) is 1. The Bertz CT molecular complexity index is 1310. The van der Waals surface area contributed by atoms with Crippen LogP contribution < -0.4 is 14.8 Å². The van der Waals surface area contributed by atoms with Crippen molar-refractivity contribution >= 4 is 5.97 Å². The van der Waals surface area contributed by atoms with Crippen LogP contribution in [0.2, 0.25) is 0 Å². The van der Waals surface area contributed by atoms with Crippen LogP contribution in [0.3, 0.4) is 0 Å². The lowest BCUT2D eigenvalue weighted by molar-refractivity contribution is -0.274. The van der Waals surface area contributed by atoms with Crippen LogP contribution in [0, 0.1) is 11.3 Å². The molecule has 0 bridgehead atoms. The van der Waals surface area contributed by atoms with Gasteiger partial charge in [0.15, 0.2) is 0 Å². The highest BCUT2D eigenvalue weighted by Gasteiger charge is 2.42. The lowest BCUT2D eigenvalue weighted by Crippen LogP contribution is -2.40. The maximum Gasteiger partial charge on any atom is 0.573 e. The van der Waals surface area contributed by atoms with Crippen molar-refractivity contribution in [2.75, 3.05) is 13.2 Å². The highest BCUT2D eigenvalue weighted by atomic mass is 19.4. The number of carbonyl (C=O) groups is 1. The minimum absolute atomic E-state index is 0.0668. The van der Waals surface area contributed by atoms with Gasteiger partial charge in [0.25, 0.3) is 0 Å². The number of nitrogens with one attached hydrogen (secondary N) is 1. The number of aliphatic hydroxyl groups excluding tert-OH is 1. The van der Waals surface area contributed by atoms with Crippen molar-refractivity contribution in [2.45, 2.75) is 37.3 Å². The van der Waals surface area contributed by atoms with Gasteiger partial charge in [0, 0.05) is 12.1 Å². The average Bonchev–Trinajstić information content (AvgIpc) is 3.66. The fourth-order valence-corrected chi connectivity index (χ4v) is 4.06. The number of carboxylic acids is 1. The lowest BCUT2D eigenvalue weighted by Gasteiger charge is -2.21. The second-order valence-corrected chi connectivity index (χ2v) is 9.20. The summed E-state index contributed by atoms with van der Waals surface area (Å²) in [5, 5.41) is 32.3. The van der Waals surface area contributed by atoms with E-state index in [9.17, 15) is 28.3 Å². The van der Waals surface area contributed by atoms with E-state index < -0.39 is 18.4 Å². The normalized spacial score (nSPS) is 14.8. The summed E-state index contributed by atoms with van der Waals surface area (Å²) in [6, 6.07) is 19.1. The van der Waals surface area contributed by atoms with Crippen LogP contribution in [-0.2, 0) is 6.42 Å². The predicted molar refractivity (Wildman–Crippen MR) is 132 cm³/mol. The van der Waals surface area contributed by atoms with Crippen molar-refractivity contribution in [1.29, 1.82) is 5.26 Å². The monoisotopic (exact) mass is 526 g/mol. The number of hydrogen-bond acceptors (Lipinski definition) is 6. The van der Waals surface area contributed by atoms with Gasteiger partial charge < -0.3 is 25.0 Å². The third-order valence-electron chi connectivity index (χ3n) is 6.26. The Kier molecular flexibility index (Phi) is 7.90. The molecule has 0 aliphatic heterocycles.